The SMILES string of the molecule is N#Cc1ccccc1COc1ccc(/C=N\NC(=O)Cc2csc(Nc3cccc(C(F)(F)F)c3)n2)cc1Br. The lowest BCUT2D eigenvalue weighted by atomic mass is 10.1. The Balaban J connectivity index is 1.28. The maximum absolute atomic E-state index is 12.9. The van der Waals surface area contributed by atoms with Gasteiger partial charge in [-0.25, -0.2) is 10.4 Å². The average Bonchev–Trinajstić information content (AvgIpc) is 3.34. The van der Waals surface area contributed by atoms with E-state index >= 15 is 0 Å². The molecule has 2 N–H and O–H groups in total. The van der Waals surface area contributed by atoms with Crippen molar-refractivity contribution in [1.29, 1.82) is 5.26 Å². The molecule has 0 fully saturated rings. The van der Waals surface area contributed by atoms with E-state index in [1.54, 1.807) is 35.7 Å². The molecular formula is C27H19BrF3N5O2S. The normalized spacial score (nSPS) is 11.3. The molecule has 39 heavy (non-hydrogen) atoms. The van der Waals surface area contributed by atoms with Crippen LogP contribution in [0.25, 0.3) is 0 Å². The Labute approximate surface area is 234 Å². The van der Waals surface area contributed by atoms with Crippen LogP contribution in [0.5, 0.6) is 5.75 Å². The zero-order valence-corrected chi connectivity index (χ0v) is 22.4. The number of nitrogens with zero attached hydrogens (tertiary/aromatic N) is 3. The number of amides is 1. The molecule has 0 saturated heterocycles. The number of alkyl halides is 3. The summed E-state index contributed by atoms with van der Waals surface area (Å²) in [5.41, 5.74) is 4.38. The van der Waals surface area contributed by atoms with E-state index in [0.717, 1.165) is 17.7 Å². The van der Waals surface area contributed by atoms with Crippen molar-refractivity contribution in [2.75, 3.05) is 5.32 Å². The minimum atomic E-state index is -4.44. The summed E-state index contributed by atoms with van der Waals surface area (Å²) in [6.45, 7) is 0.236. The van der Waals surface area contributed by atoms with Crippen molar-refractivity contribution in [3.8, 4) is 11.8 Å². The third-order valence-electron chi connectivity index (χ3n) is 5.21. The number of hydrogen-bond donors (Lipinski definition) is 2. The first-order chi connectivity index (χ1) is 18.7. The van der Waals surface area contributed by atoms with Crippen LogP contribution in [0.2, 0.25) is 0 Å². The summed E-state index contributed by atoms with van der Waals surface area (Å²) in [6, 6.07) is 19.4. The Kier molecular flexibility index (Phi) is 8.96. The first-order valence-electron chi connectivity index (χ1n) is 11.3. The molecular weight excluding hydrogens is 595 g/mol. The fraction of sp³-hybridized carbons (Fsp3) is 0.111. The molecule has 1 heterocycles. The number of nitriles is 1. The smallest absolute Gasteiger partial charge is 0.416 e. The van der Waals surface area contributed by atoms with Crippen LogP contribution in [0.3, 0.4) is 0 Å². The maximum atomic E-state index is 12.9. The van der Waals surface area contributed by atoms with Crippen LogP contribution in [-0.2, 0) is 24.0 Å². The van der Waals surface area contributed by atoms with Crippen LogP contribution < -0.4 is 15.5 Å². The highest BCUT2D eigenvalue weighted by Crippen LogP contribution is 2.32. The summed E-state index contributed by atoms with van der Waals surface area (Å²) in [4.78, 5) is 16.5. The van der Waals surface area contributed by atoms with Gasteiger partial charge in [0.15, 0.2) is 5.13 Å². The molecule has 3 aromatic carbocycles. The molecule has 0 aliphatic heterocycles. The second-order valence-electron chi connectivity index (χ2n) is 8.06. The third kappa shape index (κ3) is 7.89. The van der Waals surface area contributed by atoms with Gasteiger partial charge in [0, 0.05) is 16.6 Å². The lowest BCUT2D eigenvalue weighted by molar-refractivity contribution is -0.137. The second kappa shape index (κ2) is 12.6. The molecule has 0 aliphatic rings. The van der Waals surface area contributed by atoms with Crippen molar-refractivity contribution in [2.45, 2.75) is 19.2 Å². The summed E-state index contributed by atoms with van der Waals surface area (Å²) in [5.74, 6) is 0.180. The van der Waals surface area contributed by atoms with Gasteiger partial charge in [0.2, 0.25) is 5.91 Å². The van der Waals surface area contributed by atoms with Gasteiger partial charge < -0.3 is 10.1 Å². The number of ether oxygens (including phenoxy) is 1. The summed E-state index contributed by atoms with van der Waals surface area (Å²) in [7, 11) is 0. The molecule has 0 atom stereocenters. The number of thiazole rings is 1. The molecule has 198 valence electrons. The van der Waals surface area contributed by atoms with Gasteiger partial charge in [-0.3, -0.25) is 4.79 Å². The number of hydrogen-bond acceptors (Lipinski definition) is 7. The monoisotopic (exact) mass is 613 g/mol. The molecule has 12 heteroatoms. The molecule has 1 aromatic heterocycles. The number of anilines is 2. The standard InChI is InChI=1S/C27H19BrF3N5O2S/c28-23-10-17(8-9-24(23)38-15-19-5-2-1-4-18(19)13-32)14-33-36-25(37)12-22-16-39-26(35-22)34-21-7-3-6-20(11-21)27(29,30)31/h1-11,14,16H,12,15H2,(H,34,35)(H,36,37)/b33-14-. The zero-order chi connectivity index (χ0) is 27.8. The lowest BCUT2D eigenvalue weighted by Gasteiger charge is -2.10. The molecule has 0 bridgehead atoms. The Hall–Kier alpha value is -4.21. The predicted molar refractivity (Wildman–Crippen MR) is 146 cm³/mol. The molecule has 0 unspecified atom stereocenters. The van der Waals surface area contributed by atoms with Crippen LogP contribution in [0, 0.1) is 11.3 Å². The van der Waals surface area contributed by atoms with E-state index in [1.807, 2.05) is 12.1 Å². The summed E-state index contributed by atoms with van der Waals surface area (Å²) in [5, 5.41) is 18.0. The van der Waals surface area contributed by atoms with E-state index in [1.165, 1.54) is 29.7 Å². The average molecular weight is 614 g/mol. The number of hydrazone groups is 1. The molecule has 4 aromatic rings. The Morgan fingerprint density at radius 2 is 1.97 bits per heavy atom. The van der Waals surface area contributed by atoms with Crippen molar-refractivity contribution in [1.82, 2.24) is 10.4 Å². The Bertz CT molecular complexity index is 1550. The number of nitrogens with one attached hydrogen (secondary N) is 2. The van der Waals surface area contributed by atoms with Gasteiger partial charge in [-0.1, -0.05) is 24.3 Å². The Morgan fingerprint density at radius 3 is 2.74 bits per heavy atom. The first-order valence-corrected chi connectivity index (χ1v) is 13.0. The van der Waals surface area contributed by atoms with E-state index in [4.69, 9.17) is 4.74 Å². The van der Waals surface area contributed by atoms with Crippen LogP contribution in [0.4, 0.5) is 24.0 Å². The summed E-state index contributed by atoms with van der Waals surface area (Å²) >= 11 is 4.63. The van der Waals surface area contributed by atoms with Gasteiger partial charge >= 0.3 is 6.18 Å². The van der Waals surface area contributed by atoms with Gasteiger partial charge in [0.05, 0.1) is 40.0 Å². The fourth-order valence-electron chi connectivity index (χ4n) is 3.35. The number of rotatable bonds is 9. The second-order valence-corrected chi connectivity index (χ2v) is 9.78. The van der Waals surface area contributed by atoms with Gasteiger partial charge in [0.25, 0.3) is 0 Å². The number of halogens is 4. The fourth-order valence-corrected chi connectivity index (χ4v) is 4.59. The molecule has 4 rings (SSSR count). The Morgan fingerprint density at radius 1 is 1.15 bits per heavy atom. The molecule has 7 nitrogen and oxygen atoms in total. The summed E-state index contributed by atoms with van der Waals surface area (Å²) in [6.07, 6.45) is -3.03. The molecule has 0 spiro atoms. The predicted octanol–water partition coefficient (Wildman–Crippen LogP) is 6.81. The number of carbonyl (C=O) groups excluding carboxylic acids is 1. The van der Waals surface area contributed by atoms with E-state index in [-0.39, 0.29) is 18.7 Å². The van der Waals surface area contributed by atoms with E-state index in [9.17, 15) is 23.2 Å². The van der Waals surface area contributed by atoms with Crippen molar-refractivity contribution in [3.05, 3.63) is 105 Å². The highest BCUT2D eigenvalue weighted by atomic mass is 79.9. The van der Waals surface area contributed by atoms with Crippen molar-refractivity contribution < 1.29 is 22.7 Å². The quantitative estimate of drug-likeness (QED) is 0.159. The van der Waals surface area contributed by atoms with Crippen LogP contribution in [0.1, 0.15) is 27.9 Å². The van der Waals surface area contributed by atoms with Crippen LogP contribution in [0.15, 0.2) is 81.7 Å². The molecule has 0 radical (unpaired) electrons. The maximum Gasteiger partial charge on any atom is 0.416 e. The van der Waals surface area contributed by atoms with Crippen molar-refractivity contribution in [3.63, 3.8) is 0 Å². The van der Waals surface area contributed by atoms with Crippen molar-refractivity contribution in [2.24, 2.45) is 5.10 Å². The molecule has 1 amide bonds. The zero-order valence-electron chi connectivity index (χ0n) is 20.0. The topological polar surface area (TPSA) is 99.4 Å². The van der Waals surface area contributed by atoms with Gasteiger partial charge in [-0.05, 0) is 64.0 Å². The lowest BCUT2D eigenvalue weighted by Crippen LogP contribution is -2.19. The van der Waals surface area contributed by atoms with E-state index < -0.39 is 17.6 Å². The number of carbonyl (C=O) groups is 1. The first kappa shape index (κ1) is 27.8. The molecule has 0 aliphatic carbocycles. The van der Waals surface area contributed by atoms with E-state index in [2.05, 4.69) is 42.8 Å². The van der Waals surface area contributed by atoms with Gasteiger partial charge in [-0.15, -0.1) is 11.3 Å². The van der Waals surface area contributed by atoms with Crippen LogP contribution >= 0.6 is 27.3 Å². The number of aromatic nitrogens is 1. The van der Waals surface area contributed by atoms with Crippen LogP contribution in [-0.4, -0.2) is 17.1 Å². The third-order valence-corrected chi connectivity index (χ3v) is 6.64. The highest BCUT2D eigenvalue weighted by Gasteiger charge is 2.30. The number of benzene rings is 3. The van der Waals surface area contributed by atoms with Gasteiger partial charge in [-0.2, -0.15) is 23.5 Å². The van der Waals surface area contributed by atoms with Crippen molar-refractivity contribution >= 4 is 50.2 Å². The minimum Gasteiger partial charge on any atom is -0.488 e. The highest BCUT2D eigenvalue weighted by molar-refractivity contribution is 9.10. The minimum absolute atomic E-state index is 0.0568. The summed E-state index contributed by atoms with van der Waals surface area (Å²) < 4.78 is 45.2. The molecule has 0 saturated carbocycles. The largest absolute Gasteiger partial charge is 0.488 e. The van der Waals surface area contributed by atoms with E-state index in [0.29, 0.717) is 32.2 Å². The van der Waals surface area contributed by atoms with Gasteiger partial charge in [0.1, 0.15) is 12.4 Å².